The Labute approximate surface area is 133 Å². The average Bonchev–Trinajstić information content (AvgIpc) is 2.50. The lowest BCUT2D eigenvalue weighted by molar-refractivity contribution is -0.118. The highest BCUT2D eigenvalue weighted by atomic mass is 16.5. The highest BCUT2D eigenvalue weighted by Crippen LogP contribution is 2.53. The first-order valence-corrected chi connectivity index (χ1v) is 8.32. The molecule has 0 radical (unpaired) electrons. The fourth-order valence-corrected chi connectivity index (χ4v) is 4.52. The summed E-state index contributed by atoms with van der Waals surface area (Å²) in [6, 6.07) is 4.50. The molecule has 1 saturated carbocycles. The van der Waals surface area contributed by atoms with Crippen molar-refractivity contribution < 1.29 is 9.53 Å². The number of benzene rings is 1. The first-order valence-electron chi connectivity index (χ1n) is 8.32. The van der Waals surface area contributed by atoms with E-state index >= 15 is 0 Å². The predicted molar refractivity (Wildman–Crippen MR) is 89.6 cm³/mol. The molecule has 0 bridgehead atoms. The molecule has 118 valence electrons. The van der Waals surface area contributed by atoms with Gasteiger partial charge in [-0.05, 0) is 53.4 Å². The number of carbonyl (C=O) groups excluding carboxylic acids is 1. The van der Waals surface area contributed by atoms with Crippen LogP contribution in [0.15, 0.2) is 24.3 Å². The van der Waals surface area contributed by atoms with Crippen LogP contribution in [0.3, 0.4) is 0 Å². The van der Waals surface area contributed by atoms with Gasteiger partial charge in [0.05, 0.1) is 7.11 Å². The Bertz CT molecular complexity index is 641. The fraction of sp³-hybridized carbons (Fsp3) is 0.550. The van der Waals surface area contributed by atoms with Crippen LogP contribution in [0.5, 0.6) is 5.75 Å². The number of ketones is 1. The molecule has 0 amide bonds. The van der Waals surface area contributed by atoms with Crippen LogP contribution >= 0.6 is 0 Å². The molecule has 0 heterocycles. The maximum Gasteiger partial charge on any atom is 0.158 e. The smallest absolute Gasteiger partial charge is 0.158 e. The molecular formula is C20H26O2. The van der Waals surface area contributed by atoms with Crippen molar-refractivity contribution >= 4 is 5.78 Å². The minimum Gasteiger partial charge on any atom is -0.496 e. The van der Waals surface area contributed by atoms with Gasteiger partial charge in [-0.15, -0.1) is 0 Å². The molecule has 2 atom stereocenters. The van der Waals surface area contributed by atoms with Gasteiger partial charge in [0.15, 0.2) is 5.78 Å². The monoisotopic (exact) mass is 298 g/mol. The molecule has 0 aromatic heterocycles. The van der Waals surface area contributed by atoms with Crippen molar-refractivity contribution in [2.24, 2.45) is 5.92 Å². The number of allylic oxidation sites excluding steroid dienone is 1. The summed E-state index contributed by atoms with van der Waals surface area (Å²) in [6.07, 6.45) is 3.53. The third kappa shape index (κ3) is 2.04. The van der Waals surface area contributed by atoms with Gasteiger partial charge in [0.25, 0.3) is 0 Å². The minimum atomic E-state index is 0.0291. The number of ether oxygens (including phenoxy) is 1. The molecule has 3 rings (SSSR count). The second kappa shape index (κ2) is 5.26. The highest BCUT2D eigenvalue weighted by Gasteiger charge is 2.46. The molecule has 0 unspecified atom stereocenters. The highest BCUT2D eigenvalue weighted by molar-refractivity contribution is 5.96. The van der Waals surface area contributed by atoms with Gasteiger partial charge >= 0.3 is 0 Å². The van der Waals surface area contributed by atoms with Gasteiger partial charge in [-0.3, -0.25) is 4.79 Å². The molecule has 2 nitrogen and oxygen atoms in total. The Morgan fingerprint density at radius 1 is 1.32 bits per heavy atom. The number of hydrogen-bond acceptors (Lipinski definition) is 2. The first kappa shape index (κ1) is 15.3. The lowest BCUT2D eigenvalue weighted by atomic mass is 9.56. The summed E-state index contributed by atoms with van der Waals surface area (Å²) in [7, 11) is 1.78. The summed E-state index contributed by atoms with van der Waals surface area (Å²) < 4.78 is 5.79. The second-order valence-corrected chi connectivity index (χ2v) is 7.33. The zero-order valence-electron chi connectivity index (χ0n) is 14.2. The Hall–Kier alpha value is -1.57. The van der Waals surface area contributed by atoms with Crippen LogP contribution in [0, 0.1) is 5.92 Å². The molecule has 2 heteroatoms. The third-order valence-electron chi connectivity index (χ3n) is 5.83. The maximum absolute atomic E-state index is 12.0. The largest absolute Gasteiger partial charge is 0.496 e. The average molecular weight is 298 g/mol. The SMILES string of the molecule is C=C1C(=O)CC[C@]2(C)c3ccc(C(C)C)c(OC)c3CC[C@@H]12. The molecule has 1 fully saturated rings. The van der Waals surface area contributed by atoms with Gasteiger partial charge in [0.2, 0.25) is 0 Å². The van der Waals surface area contributed by atoms with Crippen molar-refractivity contribution in [1.82, 2.24) is 0 Å². The molecule has 22 heavy (non-hydrogen) atoms. The summed E-state index contributed by atoms with van der Waals surface area (Å²) in [5.74, 6) is 2.07. The van der Waals surface area contributed by atoms with E-state index in [1.54, 1.807) is 7.11 Å². The number of hydrogen-bond donors (Lipinski definition) is 0. The standard InChI is InChI=1S/C20H26O2/c1-12(2)14-6-9-17-15(19(14)22-5)7-8-16-13(3)18(21)10-11-20(16,17)4/h6,9,12,16H,3,7-8,10-11H2,1-2,4-5H3/t16-,20-/m0/s1. The zero-order valence-corrected chi connectivity index (χ0v) is 14.2. The van der Waals surface area contributed by atoms with Gasteiger partial charge in [-0.2, -0.15) is 0 Å². The molecule has 0 spiro atoms. The van der Waals surface area contributed by atoms with Gasteiger partial charge in [-0.1, -0.05) is 39.5 Å². The molecule has 0 aliphatic heterocycles. The number of Topliss-reactive ketones (excluding diaryl/α,β-unsaturated/α-hetero) is 1. The molecule has 0 N–H and O–H groups in total. The molecular weight excluding hydrogens is 272 g/mol. The molecule has 2 aliphatic carbocycles. The van der Waals surface area contributed by atoms with Crippen LogP contribution in [-0.2, 0) is 16.6 Å². The van der Waals surface area contributed by atoms with Crippen LogP contribution in [-0.4, -0.2) is 12.9 Å². The van der Waals surface area contributed by atoms with Crippen LogP contribution in [0.1, 0.15) is 62.6 Å². The van der Waals surface area contributed by atoms with Crippen LogP contribution < -0.4 is 4.74 Å². The number of fused-ring (bicyclic) bond motifs is 3. The van der Waals surface area contributed by atoms with E-state index in [4.69, 9.17) is 4.74 Å². The summed E-state index contributed by atoms with van der Waals surface area (Å²) >= 11 is 0. The number of rotatable bonds is 2. The van der Waals surface area contributed by atoms with Crippen LogP contribution in [0.25, 0.3) is 0 Å². The van der Waals surface area contributed by atoms with E-state index in [1.165, 1.54) is 16.7 Å². The van der Waals surface area contributed by atoms with Crippen LogP contribution in [0.2, 0.25) is 0 Å². The summed E-state index contributed by atoms with van der Waals surface area (Å²) in [4.78, 5) is 12.0. The Kier molecular flexibility index (Phi) is 3.66. The molecule has 1 aromatic carbocycles. The minimum absolute atomic E-state index is 0.0291. The van der Waals surface area contributed by atoms with Crippen LogP contribution in [0.4, 0.5) is 0 Å². The summed E-state index contributed by atoms with van der Waals surface area (Å²) in [5, 5.41) is 0. The van der Waals surface area contributed by atoms with E-state index < -0.39 is 0 Å². The Morgan fingerprint density at radius 3 is 2.68 bits per heavy atom. The van der Waals surface area contributed by atoms with Crippen molar-refractivity contribution in [1.29, 1.82) is 0 Å². The van der Waals surface area contributed by atoms with E-state index in [2.05, 4.69) is 39.5 Å². The summed E-state index contributed by atoms with van der Waals surface area (Å²) in [5.41, 5.74) is 4.88. The normalized spacial score (nSPS) is 27.6. The third-order valence-corrected chi connectivity index (χ3v) is 5.83. The van der Waals surface area contributed by atoms with Crippen molar-refractivity contribution in [3.63, 3.8) is 0 Å². The zero-order chi connectivity index (χ0) is 16.1. The molecule has 2 aliphatic rings. The quantitative estimate of drug-likeness (QED) is 0.748. The van der Waals surface area contributed by atoms with Crippen molar-refractivity contribution in [2.45, 2.75) is 57.8 Å². The van der Waals surface area contributed by atoms with E-state index in [1.807, 2.05) is 0 Å². The van der Waals surface area contributed by atoms with Gasteiger partial charge in [0.1, 0.15) is 5.75 Å². The van der Waals surface area contributed by atoms with Gasteiger partial charge in [-0.25, -0.2) is 0 Å². The van der Waals surface area contributed by atoms with Crippen molar-refractivity contribution in [2.75, 3.05) is 7.11 Å². The molecule has 0 saturated heterocycles. The van der Waals surface area contributed by atoms with Crippen molar-refractivity contribution in [3.8, 4) is 5.75 Å². The lowest BCUT2D eigenvalue weighted by Gasteiger charge is -2.47. The fourth-order valence-electron chi connectivity index (χ4n) is 4.52. The topological polar surface area (TPSA) is 26.3 Å². The van der Waals surface area contributed by atoms with E-state index in [0.29, 0.717) is 12.3 Å². The van der Waals surface area contributed by atoms with E-state index in [-0.39, 0.29) is 17.1 Å². The first-order chi connectivity index (χ1) is 10.4. The maximum atomic E-state index is 12.0. The van der Waals surface area contributed by atoms with E-state index in [9.17, 15) is 4.79 Å². The van der Waals surface area contributed by atoms with E-state index in [0.717, 1.165) is 30.6 Å². The predicted octanol–water partition coefficient (Wildman–Crippen LogP) is 4.56. The second-order valence-electron chi connectivity index (χ2n) is 7.33. The Balaban J connectivity index is 2.16. The molecule has 1 aromatic rings. The lowest BCUT2D eigenvalue weighted by Crippen LogP contribution is -2.43. The van der Waals surface area contributed by atoms with Crippen molar-refractivity contribution in [3.05, 3.63) is 41.0 Å². The Morgan fingerprint density at radius 2 is 2.05 bits per heavy atom. The number of carbonyl (C=O) groups is 1. The number of methoxy groups -OCH3 is 1. The van der Waals surface area contributed by atoms with Gasteiger partial charge < -0.3 is 4.74 Å². The summed E-state index contributed by atoms with van der Waals surface area (Å²) in [6.45, 7) is 10.8. The van der Waals surface area contributed by atoms with Gasteiger partial charge in [0, 0.05) is 11.8 Å².